The van der Waals surface area contributed by atoms with Crippen LogP contribution in [0, 0.1) is 11.8 Å². The highest BCUT2D eigenvalue weighted by atomic mass is 16.5. The lowest BCUT2D eigenvalue weighted by molar-refractivity contribution is 0.394. The summed E-state index contributed by atoms with van der Waals surface area (Å²) in [5.41, 5.74) is 11.0. The van der Waals surface area contributed by atoms with Crippen LogP contribution in [-0.2, 0) is 7.05 Å². The molecule has 0 unspecified atom stereocenters. The molecule has 0 radical (unpaired) electrons. The van der Waals surface area contributed by atoms with Crippen molar-refractivity contribution in [3.8, 4) is 34.6 Å². The van der Waals surface area contributed by atoms with E-state index in [1.165, 1.54) is 6.20 Å². The van der Waals surface area contributed by atoms with E-state index in [0.29, 0.717) is 29.6 Å². The van der Waals surface area contributed by atoms with Crippen LogP contribution in [0.5, 0.6) is 11.5 Å². The monoisotopic (exact) mass is 492 g/mol. The summed E-state index contributed by atoms with van der Waals surface area (Å²) in [7, 11) is 5.11. The van der Waals surface area contributed by atoms with Gasteiger partial charge < -0.3 is 20.1 Å². The predicted octanol–water partition coefficient (Wildman–Crippen LogP) is 3.61. The number of nitrogens with zero attached hydrogens (tertiary/aromatic N) is 7. The van der Waals surface area contributed by atoms with Gasteiger partial charge in [0.15, 0.2) is 0 Å². The van der Waals surface area contributed by atoms with Gasteiger partial charge in [0.25, 0.3) is 0 Å². The molecule has 5 aromatic rings. The Bertz CT molecular complexity index is 1600. The summed E-state index contributed by atoms with van der Waals surface area (Å²) in [6.45, 7) is 0.351. The minimum Gasteiger partial charge on any atom is -0.497 e. The van der Waals surface area contributed by atoms with Crippen molar-refractivity contribution < 1.29 is 9.47 Å². The van der Waals surface area contributed by atoms with Crippen LogP contribution >= 0.6 is 0 Å². The van der Waals surface area contributed by atoms with Crippen molar-refractivity contribution >= 4 is 28.2 Å². The van der Waals surface area contributed by atoms with Crippen LogP contribution in [0.1, 0.15) is 5.69 Å². The first kappa shape index (κ1) is 23.6. The first-order valence-electron chi connectivity index (χ1n) is 11.4. The highest BCUT2D eigenvalue weighted by molar-refractivity contribution is 5.83. The lowest BCUT2D eigenvalue weighted by Crippen LogP contribution is -2.17. The third kappa shape index (κ3) is 5.26. The van der Waals surface area contributed by atoms with Crippen LogP contribution in [0.2, 0.25) is 0 Å². The number of benzene rings is 2. The molecule has 0 saturated carbocycles. The molecule has 0 fully saturated rings. The minimum atomic E-state index is 0.346. The van der Waals surface area contributed by atoms with Gasteiger partial charge in [0.2, 0.25) is 0 Å². The molecule has 0 aliphatic rings. The quantitative estimate of drug-likeness (QED) is 0.355. The lowest BCUT2D eigenvalue weighted by Gasteiger charge is -2.24. The van der Waals surface area contributed by atoms with E-state index in [1.54, 1.807) is 37.5 Å². The van der Waals surface area contributed by atoms with Crippen LogP contribution in [0.15, 0.2) is 67.4 Å². The van der Waals surface area contributed by atoms with Gasteiger partial charge in [-0.05, 0) is 24.1 Å². The predicted molar refractivity (Wildman–Crippen MR) is 142 cm³/mol. The number of anilines is 3. The van der Waals surface area contributed by atoms with Crippen molar-refractivity contribution in [2.75, 3.05) is 31.4 Å². The van der Waals surface area contributed by atoms with Gasteiger partial charge in [-0.15, -0.1) is 0 Å². The van der Waals surface area contributed by atoms with E-state index in [0.717, 1.165) is 33.7 Å². The molecule has 2 aromatic carbocycles. The van der Waals surface area contributed by atoms with Crippen LogP contribution in [0.3, 0.4) is 0 Å². The number of methoxy groups -OCH3 is 2. The summed E-state index contributed by atoms with van der Waals surface area (Å²) in [6, 6.07) is 11.6. The topological polar surface area (TPSA) is 117 Å². The zero-order chi connectivity index (χ0) is 25.8. The van der Waals surface area contributed by atoms with E-state index in [2.05, 4.69) is 31.9 Å². The zero-order valence-corrected chi connectivity index (χ0v) is 20.6. The van der Waals surface area contributed by atoms with Gasteiger partial charge in [-0.1, -0.05) is 5.92 Å². The third-order valence-corrected chi connectivity index (χ3v) is 5.61. The highest BCUT2D eigenvalue weighted by Gasteiger charge is 2.14. The van der Waals surface area contributed by atoms with E-state index < -0.39 is 0 Å². The smallest absolute Gasteiger partial charge is 0.141 e. The number of rotatable bonds is 6. The summed E-state index contributed by atoms with van der Waals surface area (Å²) in [4.78, 5) is 19.7. The summed E-state index contributed by atoms with van der Waals surface area (Å²) >= 11 is 0. The Kier molecular flexibility index (Phi) is 6.50. The minimum absolute atomic E-state index is 0.346. The van der Waals surface area contributed by atoms with Crippen LogP contribution < -0.4 is 20.1 Å². The van der Waals surface area contributed by atoms with Gasteiger partial charge in [0, 0.05) is 48.4 Å². The molecule has 10 nitrogen and oxygen atoms in total. The molecule has 0 spiro atoms. The van der Waals surface area contributed by atoms with Crippen molar-refractivity contribution in [1.82, 2.24) is 29.7 Å². The number of ether oxygens (including phenoxy) is 2. The molecule has 2 N–H and O–H groups in total. The van der Waals surface area contributed by atoms with E-state index in [4.69, 9.17) is 20.2 Å². The Morgan fingerprint density at radius 2 is 1.70 bits per heavy atom. The number of aryl methyl sites for hydroxylation is 1. The second-order valence-corrected chi connectivity index (χ2v) is 8.12. The number of nitrogens with two attached hydrogens (primary N) is 1. The van der Waals surface area contributed by atoms with Gasteiger partial charge in [-0.25, -0.2) is 15.0 Å². The molecule has 10 heteroatoms. The van der Waals surface area contributed by atoms with Gasteiger partial charge >= 0.3 is 0 Å². The molecular weight excluding hydrogens is 468 g/mol. The fourth-order valence-corrected chi connectivity index (χ4v) is 3.75. The molecular formula is C27H24N8O2. The SMILES string of the molecule is COc1cc(OC)cc(N(CC#Cc2cnc(N)cn2)c2ccc3ncc(-c4cnn(C)c4)nc3c2)c1. The largest absolute Gasteiger partial charge is 0.497 e. The molecule has 5 rings (SSSR count). The van der Waals surface area contributed by atoms with Gasteiger partial charge in [-0.2, -0.15) is 5.10 Å². The molecule has 0 saturated heterocycles. The van der Waals surface area contributed by atoms with Gasteiger partial charge in [0.1, 0.15) is 23.0 Å². The zero-order valence-electron chi connectivity index (χ0n) is 20.6. The van der Waals surface area contributed by atoms with Crippen molar-refractivity contribution in [3.63, 3.8) is 0 Å². The Balaban J connectivity index is 1.57. The molecule has 0 amide bonds. The number of aromatic nitrogens is 6. The Morgan fingerprint density at radius 3 is 2.38 bits per heavy atom. The standard InChI is InChI=1S/C27H24N8O2/c1-34-17-18(13-32-34)26-15-30-24-7-6-20(11-25(24)33-26)35(8-4-5-19-14-31-27(28)16-29-19)21-9-22(36-2)12-23(10-21)37-3/h6-7,9-17H,8H2,1-3H3,(H2,28,31). The summed E-state index contributed by atoms with van der Waals surface area (Å²) in [5, 5.41) is 4.24. The second-order valence-electron chi connectivity index (χ2n) is 8.12. The van der Waals surface area contributed by atoms with Crippen LogP contribution in [-0.4, -0.2) is 50.5 Å². The average Bonchev–Trinajstić information content (AvgIpc) is 3.37. The van der Waals surface area contributed by atoms with Crippen molar-refractivity contribution in [2.45, 2.75) is 0 Å². The molecule has 37 heavy (non-hydrogen) atoms. The molecule has 0 aliphatic heterocycles. The lowest BCUT2D eigenvalue weighted by atomic mass is 10.2. The van der Waals surface area contributed by atoms with Crippen LogP contribution in [0.4, 0.5) is 17.2 Å². The third-order valence-electron chi connectivity index (χ3n) is 5.61. The number of nitrogen functional groups attached to an aromatic ring is 1. The normalized spacial score (nSPS) is 10.6. The van der Waals surface area contributed by atoms with E-state index in [9.17, 15) is 0 Å². The molecule has 3 aromatic heterocycles. The average molecular weight is 493 g/mol. The Morgan fingerprint density at radius 1 is 0.892 bits per heavy atom. The molecule has 0 aliphatic carbocycles. The summed E-state index contributed by atoms with van der Waals surface area (Å²) in [6.07, 6.45) is 8.46. The molecule has 0 atom stereocenters. The van der Waals surface area contributed by atoms with Gasteiger partial charge in [0.05, 0.1) is 62.3 Å². The molecule has 184 valence electrons. The van der Waals surface area contributed by atoms with E-state index >= 15 is 0 Å². The maximum absolute atomic E-state index is 5.64. The second kappa shape index (κ2) is 10.2. The summed E-state index contributed by atoms with van der Waals surface area (Å²) in [5.74, 6) is 7.91. The van der Waals surface area contributed by atoms with Crippen molar-refractivity contribution in [2.24, 2.45) is 7.05 Å². The number of fused-ring (bicyclic) bond motifs is 1. The fraction of sp³-hybridized carbons (Fsp3) is 0.148. The first-order chi connectivity index (χ1) is 18.0. The number of hydrogen-bond acceptors (Lipinski definition) is 9. The van der Waals surface area contributed by atoms with Gasteiger partial charge in [-0.3, -0.25) is 9.67 Å². The van der Waals surface area contributed by atoms with E-state index in [1.807, 2.05) is 54.5 Å². The van der Waals surface area contributed by atoms with E-state index in [-0.39, 0.29) is 0 Å². The van der Waals surface area contributed by atoms with Crippen molar-refractivity contribution in [1.29, 1.82) is 0 Å². The Hall–Kier alpha value is -5.17. The highest BCUT2D eigenvalue weighted by Crippen LogP contribution is 2.34. The molecule has 0 bridgehead atoms. The maximum Gasteiger partial charge on any atom is 0.141 e. The Labute approximate surface area is 213 Å². The fourth-order valence-electron chi connectivity index (χ4n) is 3.75. The maximum atomic E-state index is 5.64. The van der Waals surface area contributed by atoms with Crippen LogP contribution in [0.25, 0.3) is 22.3 Å². The molecule has 3 heterocycles. The first-order valence-corrected chi connectivity index (χ1v) is 11.4. The number of hydrogen-bond donors (Lipinski definition) is 1. The summed E-state index contributed by atoms with van der Waals surface area (Å²) < 4.78 is 12.7. The van der Waals surface area contributed by atoms with Crippen molar-refractivity contribution in [3.05, 3.63) is 73.1 Å².